The highest BCUT2D eigenvalue weighted by atomic mass is 19.4. The molecule has 0 fully saturated rings. The van der Waals surface area contributed by atoms with E-state index in [-0.39, 0.29) is 36.5 Å². The van der Waals surface area contributed by atoms with Gasteiger partial charge in [0.05, 0.1) is 41.8 Å². The van der Waals surface area contributed by atoms with Crippen LogP contribution in [0.15, 0.2) is 52.6 Å². The number of hydrogen-bond donors (Lipinski definition) is 3. The molecule has 14 heteroatoms. The third-order valence-corrected chi connectivity index (χ3v) is 5.87. The van der Waals surface area contributed by atoms with Crippen molar-refractivity contribution in [1.82, 2.24) is 24.7 Å². The van der Waals surface area contributed by atoms with Crippen LogP contribution in [0.25, 0.3) is 22.2 Å². The summed E-state index contributed by atoms with van der Waals surface area (Å²) >= 11 is 0. The Morgan fingerprint density at radius 3 is 2.62 bits per heavy atom. The molecule has 1 aromatic carbocycles. The molecule has 0 bridgehead atoms. The van der Waals surface area contributed by atoms with Crippen LogP contribution in [0, 0.1) is 5.82 Å². The van der Waals surface area contributed by atoms with Crippen molar-refractivity contribution in [2.45, 2.75) is 38.5 Å². The Kier molecular flexibility index (Phi) is 8.24. The number of aliphatic hydroxyl groups is 1. The zero-order chi connectivity index (χ0) is 28.2. The zero-order valence-corrected chi connectivity index (χ0v) is 20.6. The maximum Gasteiger partial charge on any atom is 0.423 e. The van der Waals surface area contributed by atoms with E-state index in [2.05, 4.69) is 20.4 Å². The first-order chi connectivity index (χ1) is 18.6. The van der Waals surface area contributed by atoms with Gasteiger partial charge in [0.1, 0.15) is 18.0 Å². The lowest BCUT2D eigenvalue weighted by Crippen LogP contribution is -2.27. The molecule has 0 aliphatic heterocycles. The third-order valence-electron chi connectivity index (χ3n) is 5.87. The minimum atomic E-state index is -4.85. The first-order valence-electron chi connectivity index (χ1n) is 11.9. The first-order valence-corrected chi connectivity index (χ1v) is 11.9. The van der Waals surface area contributed by atoms with Crippen molar-refractivity contribution >= 4 is 16.5 Å². The number of nitrogens with one attached hydrogen (secondary N) is 2. The van der Waals surface area contributed by atoms with Crippen LogP contribution in [0.1, 0.15) is 25.3 Å². The summed E-state index contributed by atoms with van der Waals surface area (Å²) in [5.74, 6) is -0.275. The number of pyridine rings is 1. The van der Waals surface area contributed by atoms with Gasteiger partial charge in [0.15, 0.2) is 11.6 Å². The fourth-order valence-electron chi connectivity index (χ4n) is 4.04. The van der Waals surface area contributed by atoms with Gasteiger partial charge in [-0.25, -0.2) is 19.5 Å². The molecule has 0 amide bonds. The Morgan fingerprint density at radius 2 is 1.92 bits per heavy atom. The Bertz CT molecular complexity index is 1570. The number of nitrogens with zero attached hydrogens (tertiary/aromatic N) is 4. The van der Waals surface area contributed by atoms with Gasteiger partial charge in [-0.15, -0.1) is 0 Å². The largest absolute Gasteiger partial charge is 0.488 e. The predicted molar refractivity (Wildman–Crippen MR) is 134 cm³/mol. The average Bonchev–Trinajstić information content (AvgIpc) is 2.88. The molecule has 1 unspecified atom stereocenters. The fourth-order valence-corrected chi connectivity index (χ4v) is 4.04. The average molecular weight is 548 g/mol. The number of aromatic amines is 1. The molecule has 4 rings (SSSR count). The first kappa shape index (κ1) is 27.7. The van der Waals surface area contributed by atoms with Crippen LogP contribution in [0.5, 0.6) is 5.75 Å². The SMILES string of the molecule is CC(CCCn1ccc2cc(-c3ncc(OCCO)cn3)c(F)cc2c1=O)Nc1cn[nH]c(=O)c1C(F)(F)F. The molecule has 0 radical (unpaired) electrons. The third kappa shape index (κ3) is 6.39. The van der Waals surface area contributed by atoms with Gasteiger partial charge in [-0.2, -0.15) is 18.3 Å². The van der Waals surface area contributed by atoms with Crippen LogP contribution in [0.3, 0.4) is 0 Å². The minimum absolute atomic E-state index is 0.0688. The van der Waals surface area contributed by atoms with Crippen LogP contribution in [-0.4, -0.2) is 49.1 Å². The molecule has 0 saturated heterocycles. The van der Waals surface area contributed by atoms with Crippen molar-refractivity contribution in [1.29, 1.82) is 0 Å². The Balaban J connectivity index is 1.45. The van der Waals surface area contributed by atoms with Gasteiger partial charge in [0.2, 0.25) is 0 Å². The summed E-state index contributed by atoms with van der Waals surface area (Å²) in [6, 6.07) is 3.77. The number of aliphatic hydroxyl groups excluding tert-OH is 1. The monoisotopic (exact) mass is 548 g/mol. The molecule has 0 saturated carbocycles. The van der Waals surface area contributed by atoms with E-state index in [1.165, 1.54) is 23.0 Å². The number of halogens is 4. The number of benzene rings is 1. The summed E-state index contributed by atoms with van der Waals surface area (Å²) < 4.78 is 61.2. The molecule has 3 heterocycles. The van der Waals surface area contributed by atoms with E-state index in [1.807, 2.05) is 0 Å². The Hall–Kier alpha value is -4.33. The van der Waals surface area contributed by atoms with Gasteiger partial charge in [-0.3, -0.25) is 9.59 Å². The highest BCUT2D eigenvalue weighted by Gasteiger charge is 2.37. The molecule has 3 aromatic heterocycles. The second-order valence-electron chi connectivity index (χ2n) is 8.72. The molecule has 4 aromatic rings. The smallest absolute Gasteiger partial charge is 0.423 e. The summed E-state index contributed by atoms with van der Waals surface area (Å²) in [5.41, 5.74) is -3.45. The van der Waals surface area contributed by atoms with E-state index in [0.29, 0.717) is 24.0 Å². The van der Waals surface area contributed by atoms with Crippen LogP contribution in [0.2, 0.25) is 0 Å². The number of hydrogen-bond acceptors (Lipinski definition) is 8. The van der Waals surface area contributed by atoms with E-state index >= 15 is 0 Å². The summed E-state index contributed by atoms with van der Waals surface area (Å²) in [7, 11) is 0. The Morgan fingerprint density at radius 1 is 1.18 bits per heavy atom. The quantitative estimate of drug-likeness (QED) is 0.257. The molecule has 1 atom stereocenters. The standard InChI is InChI=1S/C25H24F4N6O4/c1-14(33-20-13-32-34-23(37)21(20)25(27,28)29)3-2-5-35-6-4-15-9-18(19(26)10-17(15)24(35)38)22-30-11-16(12-31-22)39-8-7-36/h4,6,9-14,36H,2-3,5,7-8H2,1H3,(H2,33,34,37). The maximum absolute atomic E-state index is 14.9. The van der Waals surface area contributed by atoms with Crippen LogP contribution in [0.4, 0.5) is 23.2 Å². The van der Waals surface area contributed by atoms with Crippen LogP contribution in [-0.2, 0) is 12.7 Å². The minimum Gasteiger partial charge on any atom is -0.488 e. The van der Waals surface area contributed by atoms with Crippen molar-refractivity contribution in [3.8, 4) is 17.1 Å². The van der Waals surface area contributed by atoms with Crippen LogP contribution >= 0.6 is 0 Å². The maximum atomic E-state index is 14.9. The second kappa shape index (κ2) is 11.6. The molecule has 39 heavy (non-hydrogen) atoms. The summed E-state index contributed by atoms with van der Waals surface area (Å²) in [6.45, 7) is 1.78. The lowest BCUT2D eigenvalue weighted by Gasteiger charge is -2.18. The van der Waals surface area contributed by atoms with E-state index in [4.69, 9.17) is 9.84 Å². The fraction of sp³-hybridized carbons (Fsp3) is 0.320. The van der Waals surface area contributed by atoms with Gasteiger partial charge >= 0.3 is 6.18 Å². The number of alkyl halides is 3. The molecule has 0 aliphatic carbocycles. The van der Waals surface area contributed by atoms with Crippen molar-refractivity contribution in [2.24, 2.45) is 0 Å². The molecule has 0 aliphatic rings. The van der Waals surface area contributed by atoms with Crippen molar-refractivity contribution in [3.05, 3.63) is 75.1 Å². The number of aryl methyl sites for hydroxylation is 1. The highest BCUT2D eigenvalue weighted by Crippen LogP contribution is 2.32. The lowest BCUT2D eigenvalue weighted by atomic mass is 10.1. The van der Waals surface area contributed by atoms with Gasteiger partial charge in [-0.05, 0) is 43.4 Å². The number of rotatable bonds is 10. The van der Waals surface area contributed by atoms with Gasteiger partial charge in [0.25, 0.3) is 11.1 Å². The molecule has 206 valence electrons. The van der Waals surface area contributed by atoms with E-state index in [1.54, 1.807) is 24.3 Å². The Labute approximate surface area is 218 Å². The summed E-state index contributed by atoms with van der Waals surface area (Å²) in [5, 5.41) is 17.3. The van der Waals surface area contributed by atoms with Gasteiger partial charge < -0.3 is 19.7 Å². The highest BCUT2D eigenvalue weighted by molar-refractivity contribution is 5.86. The molecule has 0 spiro atoms. The van der Waals surface area contributed by atoms with Crippen LogP contribution < -0.4 is 21.2 Å². The summed E-state index contributed by atoms with van der Waals surface area (Å²) in [4.78, 5) is 32.8. The van der Waals surface area contributed by atoms with E-state index in [0.717, 1.165) is 12.3 Å². The van der Waals surface area contributed by atoms with Crippen molar-refractivity contribution in [2.75, 3.05) is 18.5 Å². The number of fused-ring (bicyclic) bond motifs is 1. The number of anilines is 1. The lowest BCUT2D eigenvalue weighted by molar-refractivity contribution is -0.138. The number of ether oxygens (including phenoxy) is 1. The van der Waals surface area contributed by atoms with Gasteiger partial charge in [-0.1, -0.05) is 0 Å². The van der Waals surface area contributed by atoms with E-state index in [9.17, 15) is 27.2 Å². The predicted octanol–water partition coefficient (Wildman–Crippen LogP) is 3.35. The zero-order valence-electron chi connectivity index (χ0n) is 20.6. The normalized spacial score (nSPS) is 12.5. The second-order valence-corrected chi connectivity index (χ2v) is 8.72. The number of aromatic nitrogens is 5. The topological polar surface area (TPSA) is 135 Å². The molecular weight excluding hydrogens is 524 g/mol. The molecular formula is C25H24F4N6O4. The van der Waals surface area contributed by atoms with Gasteiger partial charge in [0, 0.05) is 18.8 Å². The summed E-state index contributed by atoms with van der Waals surface area (Å²) in [6.07, 6.45) is 1.10. The molecule has 10 nitrogen and oxygen atoms in total. The number of H-pyrrole nitrogens is 1. The molecule has 3 N–H and O–H groups in total. The van der Waals surface area contributed by atoms with E-state index < -0.39 is 40.4 Å². The van der Waals surface area contributed by atoms with Crippen molar-refractivity contribution in [3.63, 3.8) is 0 Å². The van der Waals surface area contributed by atoms with Crippen molar-refractivity contribution < 1.29 is 27.4 Å².